The van der Waals surface area contributed by atoms with Crippen LogP contribution in [0.4, 0.5) is 0 Å². The van der Waals surface area contributed by atoms with Crippen molar-refractivity contribution in [2.45, 2.75) is 52.6 Å². The molecule has 1 heterocycles. The van der Waals surface area contributed by atoms with Gasteiger partial charge in [0.1, 0.15) is 5.60 Å². The van der Waals surface area contributed by atoms with Crippen molar-refractivity contribution in [3.8, 4) is 0 Å². The van der Waals surface area contributed by atoms with Gasteiger partial charge in [0.25, 0.3) is 0 Å². The van der Waals surface area contributed by atoms with Gasteiger partial charge in [0, 0.05) is 6.42 Å². The van der Waals surface area contributed by atoms with Gasteiger partial charge in [0.15, 0.2) is 17.5 Å². The minimum atomic E-state index is -1.21. The largest absolute Gasteiger partial charge is 0.453 e. The predicted molar refractivity (Wildman–Crippen MR) is 67.0 cm³/mol. The molecule has 0 bridgehead atoms. The van der Waals surface area contributed by atoms with Gasteiger partial charge in [-0.15, -0.1) is 0 Å². The molecule has 18 heavy (non-hydrogen) atoms. The molecular formula is C14H20O4. The number of ketones is 2. The summed E-state index contributed by atoms with van der Waals surface area (Å²) in [5.41, 5.74) is -0.0723. The van der Waals surface area contributed by atoms with Gasteiger partial charge >= 0.3 is 5.97 Å². The molecule has 2 unspecified atom stereocenters. The maximum atomic E-state index is 12.0. The van der Waals surface area contributed by atoms with Crippen molar-refractivity contribution >= 4 is 17.5 Å². The molecule has 2 atom stereocenters. The molecule has 4 heteroatoms. The maximum Gasteiger partial charge on any atom is 0.325 e. The normalized spacial score (nSPS) is 29.1. The van der Waals surface area contributed by atoms with Crippen molar-refractivity contribution in [2.24, 2.45) is 5.92 Å². The first kappa shape index (κ1) is 14.6. The average molecular weight is 252 g/mol. The molecule has 4 nitrogen and oxygen atoms in total. The standard InChI is InChI=1S/C14H20O4/c1-5-7-10(15)12-11(16)8-14(4,9(3)6-2)18-13(12)17/h6,12H,5,7-8H2,1-4H3. The minimum Gasteiger partial charge on any atom is -0.453 e. The van der Waals surface area contributed by atoms with Crippen LogP contribution in [0.2, 0.25) is 0 Å². The van der Waals surface area contributed by atoms with Crippen molar-refractivity contribution in [3.63, 3.8) is 0 Å². The second-order valence-electron chi connectivity index (χ2n) is 4.92. The van der Waals surface area contributed by atoms with Crippen molar-refractivity contribution in [1.29, 1.82) is 0 Å². The summed E-state index contributed by atoms with van der Waals surface area (Å²) >= 11 is 0. The zero-order valence-electron chi connectivity index (χ0n) is 11.4. The zero-order valence-corrected chi connectivity index (χ0v) is 11.4. The van der Waals surface area contributed by atoms with E-state index in [1.807, 2.05) is 26.8 Å². The highest BCUT2D eigenvalue weighted by atomic mass is 16.6. The summed E-state index contributed by atoms with van der Waals surface area (Å²) in [5.74, 6) is -2.56. The highest BCUT2D eigenvalue weighted by Gasteiger charge is 2.47. The molecule has 0 aliphatic carbocycles. The van der Waals surface area contributed by atoms with E-state index >= 15 is 0 Å². The fourth-order valence-electron chi connectivity index (χ4n) is 2.11. The predicted octanol–water partition coefficient (Wildman–Crippen LogP) is 2.21. The summed E-state index contributed by atoms with van der Waals surface area (Å²) in [6, 6.07) is 0. The Balaban J connectivity index is 2.94. The summed E-state index contributed by atoms with van der Waals surface area (Å²) in [6.45, 7) is 7.19. The van der Waals surface area contributed by atoms with E-state index in [-0.39, 0.29) is 24.4 Å². The molecule has 0 N–H and O–H groups in total. The van der Waals surface area contributed by atoms with Gasteiger partial charge in [-0.25, -0.2) is 0 Å². The number of cyclic esters (lactones) is 1. The van der Waals surface area contributed by atoms with Gasteiger partial charge in [-0.2, -0.15) is 0 Å². The Morgan fingerprint density at radius 1 is 1.50 bits per heavy atom. The van der Waals surface area contributed by atoms with Gasteiger partial charge in [0.2, 0.25) is 0 Å². The number of carbonyl (C=O) groups excluding carboxylic acids is 3. The monoisotopic (exact) mass is 252 g/mol. The van der Waals surface area contributed by atoms with Gasteiger partial charge in [0.05, 0.1) is 6.42 Å². The molecule has 0 saturated carbocycles. The van der Waals surface area contributed by atoms with Crippen LogP contribution in [0.25, 0.3) is 0 Å². The molecule has 0 spiro atoms. The lowest BCUT2D eigenvalue weighted by molar-refractivity contribution is -0.172. The number of carbonyl (C=O) groups is 3. The zero-order chi connectivity index (χ0) is 13.9. The highest BCUT2D eigenvalue weighted by Crippen LogP contribution is 2.33. The lowest BCUT2D eigenvalue weighted by Gasteiger charge is -2.36. The third-order valence-electron chi connectivity index (χ3n) is 3.48. The number of Topliss-reactive ketones (excluding diaryl/α,β-unsaturated/α-hetero) is 2. The first-order valence-corrected chi connectivity index (χ1v) is 6.27. The molecule has 1 saturated heterocycles. The van der Waals surface area contributed by atoms with Crippen LogP contribution >= 0.6 is 0 Å². The van der Waals surface area contributed by atoms with Crippen LogP contribution in [0, 0.1) is 5.92 Å². The van der Waals surface area contributed by atoms with Crippen LogP contribution in [0.5, 0.6) is 0 Å². The Morgan fingerprint density at radius 2 is 2.11 bits per heavy atom. The fraction of sp³-hybridized carbons (Fsp3) is 0.643. The Kier molecular flexibility index (Phi) is 4.43. The average Bonchev–Trinajstić information content (AvgIpc) is 2.26. The molecule has 1 rings (SSSR count). The SMILES string of the molecule is CC=C(C)C1(C)CC(=O)C(C(=O)CCC)C(=O)O1. The van der Waals surface area contributed by atoms with E-state index in [4.69, 9.17) is 4.74 Å². The molecule has 100 valence electrons. The van der Waals surface area contributed by atoms with E-state index in [0.29, 0.717) is 6.42 Å². The third-order valence-corrected chi connectivity index (χ3v) is 3.48. The molecule has 0 aromatic heterocycles. The van der Waals surface area contributed by atoms with Crippen LogP contribution in [-0.2, 0) is 19.1 Å². The lowest BCUT2D eigenvalue weighted by Crippen LogP contribution is -2.49. The van der Waals surface area contributed by atoms with Gasteiger partial charge in [-0.3, -0.25) is 14.4 Å². The minimum absolute atomic E-state index is 0.0784. The summed E-state index contributed by atoms with van der Waals surface area (Å²) in [5, 5.41) is 0. The fourth-order valence-corrected chi connectivity index (χ4v) is 2.11. The van der Waals surface area contributed by atoms with E-state index in [0.717, 1.165) is 5.57 Å². The number of rotatable bonds is 4. The lowest BCUT2D eigenvalue weighted by atomic mass is 9.81. The van der Waals surface area contributed by atoms with Crippen molar-refractivity contribution in [2.75, 3.05) is 0 Å². The first-order chi connectivity index (χ1) is 8.35. The Morgan fingerprint density at radius 3 is 2.56 bits per heavy atom. The molecule has 0 aromatic rings. The summed E-state index contributed by atoms with van der Waals surface area (Å²) < 4.78 is 5.33. The molecule has 1 aliphatic heterocycles. The van der Waals surface area contributed by atoms with Gasteiger partial charge in [-0.05, 0) is 32.8 Å². The first-order valence-electron chi connectivity index (χ1n) is 6.27. The van der Waals surface area contributed by atoms with E-state index in [1.165, 1.54) is 0 Å². The highest BCUT2D eigenvalue weighted by molar-refractivity contribution is 6.18. The van der Waals surface area contributed by atoms with Crippen molar-refractivity contribution < 1.29 is 19.1 Å². The molecule has 0 aromatic carbocycles. The summed E-state index contributed by atoms with van der Waals surface area (Å²) in [7, 11) is 0. The number of allylic oxidation sites excluding steroid dienone is 1. The van der Waals surface area contributed by atoms with E-state index in [9.17, 15) is 14.4 Å². The van der Waals surface area contributed by atoms with Crippen LogP contribution < -0.4 is 0 Å². The molecule has 0 radical (unpaired) electrons. The second kappa shape index (κ2) is 5.46. The van der Waals surface area contributed by atoms with E-state index in [1.54, 1.807) is 6.92 Å². The molecule has 1 fully saturated rings. The molecule has 1 aliphatic rings. The smallest absolute Gasteiger partial charge is 0.325 e. The van der Waals surface area contributed by atoms with E-state index < -0.39 is 17.5 Å². The number of hydrogen-bond acceptors (Lipinski definition) is 4. The topological polar surface area (TPSA) is 60.4 Å². The Bertz CT molecular complexity index is 388. The number of esters is 1. The Hall–Kier alpha value is -1.45. The third kappa shape index (κ3) is 2.68. The summed E-state index contributed by atoms with van der Waals surface area (Å²) in [4.78, 5) is 35.6. The van der Waals surface area contributed by atoms with Crippen molar-refractivity contribution in [1.82, 2.24) is 0 Å². The van der Waals surface area contributed by atoms with Crippen LogP contribution in [0.15, 0.2) is 11.6 Å². The quantitative estimate of drug-likeness (QED) is 0.437. The molecular weight excluding hydrogens is 232 g/mol. The number of ether oxygens (including phenoxy) is 1. The van der Waals surface area contributed by atoms with Crippen LogP contribution in [0.1, 0.15) is 47.0 Å². The Labute approximate surface area is 107 Å². The van der Waals surface area contributed by atoms with Gasteiger partial charge < -0.3 is 4.74 Å². The second-order valence-corrected chi connectivity index (χ2v) is 4.92. The number of hydrogen-bond donors (Lipinski definition) is 0. The van der Waals surface area contributed by atoms with Crippen molar-refractivity contribution in [3.05, 3.63) is 11.6 Å². The van der Waals surface area contributed by atoms with Crippen LogP contribution in [0.3, 0.4) is 0 Å². The molecule has 0 amide bonds. The summed E-state index contributed by atoms with van der Waals surface area (Å²) in [6.07, 6.45) is 2.76. The van der Waals surface area contributed by atoms with Crippen LogP contribution in [-0.4, -0.2) is 23.1 Å². The maximum absolute atomic E-state index is 12.0. The van der Waals surface area contributed by atoms with E-state index in [2.05, 4.69) is 0 Å². The van der Waals surface area contributed by atoms with Gasteiger partial charge in [-0.1, -0.05) is 13.0 Å².